The molecule has 0 bridgehead atoms. The van der Waals surface area contributed by atoms with Crippen LogP contribution < -0.4 is 0 Å². The largest absolute Gasteiger partial charge is 0.454 e. The summed E-state index contributed by atoms with van der Waals surface area (Å²) in [5.74, 6) is 0.768. The van der Waals surface area contributed by atoms with E-state index in [0.717, 1.165) is 34.3 Å². The topological polar surface area (TPSA) is 43.1 Å². The molecule has 122 valence electrons. The van der Waals surface area contributed by atoms with E-state index in [1.165, 1.54) is 11.1 Å². The van der Waals surface area contributed by atoms with Crippen molar-refractivity contribution in [2.24, 2.45) is 0 Å². The summed E-state index contributed by atoms with van der Waals surface area (Å²) in [6, 6.07) is 20.2. The zero-order valence-electron chi connectivity index (χ0n) is 14.1. The summed E-state index contributed by atoms with van der Waals surface area (Å²) in [6.07, 6.45) is 0.764. The molecule has 4 rings (SSSR count). The first kappa shape index (κ1) is 15.3. The quantitative estimate of drug-likeness (QED) is 0.461. The first-order valence-electron chi connectivity index (χ1n) is 8.19. The van der Waals surface area contributed by atoms with E-state index in [-0.39, 0.29) is 0 Å². The maximum Gasteiger partial charge on any atom is 0.168 e. The highest BCUT2D eigenvalue weighted by Crippen LogP contribution is 2.35. The molecule has 0 saturated heterocycles. The van der Waals surface area contributed by atoms with Crippen molar-refractivity contribution in [1.82, 2.24) is 4.98 Å². The molecule has 0 spiro atoms. The van der Waals surface area contributed by atoms with Crippen LogP contribution in [0.5, 0.6) is 0 Å². The van der Waals surface area contributed by atoms with Gasteiger partial charge in [0.2, 0.25) is 0 Å². The number of aryl methyl sites for hydroxylation is 1. The van der Waals surface area contributed by atoms with Gasteiger partial charge < -0.3 is 4.42 Å². The SMILES string of the molecule is Cc1c(-c2ccccc2)cccc1-c1cc2nc(C=O)cc(C)c2o1. The van der Waals surface area contributed by atoms with Crippen molar-refractivity contribution in [1.29, 1.82) is 0 Å². The number of benzene rings is 2. The highest BCUT2D eigenvalue weighted by molar-refractivity contribution is 5.87. The van der Waals surface area contributed by atoms with Crippen molar-refractivity contribution in [3.63, 3.8) is 0 Å². The minimum atomic E-state index is 0.423. The molecule has 3 heteroatoms. The fourth-order valence-electron chi connectivity index (χ4n) is 3.23. The van der Waals surface area contributed by atoms with Gasteiger partial charge in [0.15, 0.2) is 11.9 Å². The predicted molar refractivity (Wildman–Crippen MR) is 99.7 cm³/mol. The molecule has 4 aromatic rings. The van der Waals surface area contributed by atoms with Crippen LogP contribution in [0.25, 0.3) is 33.6 Å². The molecule has 2 heterocycles. The molecule has 0 atom stereocenters. The second-order valence-electron chi connectivity index (χ2n) is 6.15. The summed E-state index contributed by atoms with van der Waals surface area (Å²) < 4.78 is 6.08. The fourth-order valence-corrected chi connectivity index (χ4v) is 3.23. The lowest BCUT2D eigenvalue weighted by Gasteiger charge is -2.10. The smallest absolute Gasteiger partial charge is 0.168 e. The van der Waals surface area contributed by atoms with Crippen LogP contribution in [-0.2, 0) is 0 Å². The Morgan fingerprint density at radius 1 is 0.920 bits per heavy atom. The summed E-state index contributed by atoms with van der Waals surface area (Å²) in [5, 5.41) is 0. The Hall–Kier alpha value is -3.20. The number of rotatable bonds is 3. The number of carbonyl (C=O) groups is 1. The second-order valence-corrected chi connectivity index (χ2v) is 6.15. The Labute approximate surface area is 145 Å². The van der Waals surface area contributed by atoms with Crippen LogP contribution in [0, 0.1) is 13.8 Å². The van der Waals surface area contributed by atoms with Gasteiger partial charge in [-0.2, -0.15) is 0 Å². The number of furan rings is 1. The molecule has 0 unspecified atom stereocenters. The summed E-state index contributed by atoms with van der Waals surface area (Å²) in [4.78, 5) is 15.4. The number of fused-ring (bicyclic) bond motifs is 1. The van der Waals surface area contributed by atoms with Crippen LogP contribution in [0.1, 0.15) is 21.6 Å². The maximum atomic E-state index is 11.0. The van der Waals surface area contributed by atoms with Gasteiger partial charge in [0.1, 0.15) is 17.0 Å². The van der Waals surface area contributed by atoms with Crippen LogP contribution in [0.15, 0.2) is 65.1 Å². The fraction of sp³-hybridized carbons (Fsp3) is 0.0909. The monoisotopic (exact) mass is 327 g/mol. The van der Waals surface area contributed by atoms with E-state index in [4.69, 9.17) is 4.42 Å². The van der Waals surface area contributed by atoms with Crippen LogP contribution >= 0.6 is 0 Å². The van der Waals surface area contributed by atoms with Gasteiger partial charge in [0.05, 0.1) is 0 Å². The van der Waals surface area contributed by atoms with Gasteiger partial charge in [0, 0.05) is 11.6 Å². The van der Waals surface area contributed by atoms with Crippen molar-refractivity contribution in [2.45, 2.75) is 13.8 Å². The van der Waals surface area contributed by atoms with Gasteiger partial charge in [-0.05, 0) is 42.2 Å². The number of aldehydes is 1. The molecular formula is C22H17NO2. The molecule has 2 aromatic heterocycles. The van der Waals surface area contributed by atoms with Crippen molar-refractivity contribution in [2.75, 3.05) is 0 Å². The molecule has 3 nitrogen and oxygen atoms in total. The molecule has 0 aliphatic carbocycles. The van der Waals surface area contributed by atoms with E-state index >= 15 is 0 Å². The Morgan fingerprint density at radius 3 is 2.44 bits per heavy atom. The van der Waals surface area contributed by atoms with Crippen LogP contribution in [0.2, 0.25) is 0 Å². The third-order valence-electron chi connectivity index (χ3n) is 4.49. The molecule has 0 saturated carbocycles. The van der Waals surface area contributed by atoms with E-state index in [1.807, 2.05) is 37.3 Å². The first-order chi connectivity index (χ1) is 12.2. The number of hydrogen-bond donors (Lipinski definition) is 0. The number of hydrogen-bond acceptors (Lipinski definition) is 3. The highest BCUT2D eigenvalue weighted by Gasteiger charge is 2.14. The van der Waals surface area contributed by atoms with Crippen molar-refractivity contribution >= 4 is 17.4 Å². The zero-order valence-corrected chi connectivity index (χ0v) is 14.1. The van der Waals surface area contributed by atoms with Gasteiger partial charge in [0.25, 0.3) is 0 Å². The summed E-state index contributed by atoms with van der Waals surface area (Å²) in [6.45, 7) is 4.03. The maximum absolute atomic E-state index is 11.0. The average molecular weight is 327 g/mol. The Balaban J connectivity index is 1.89. The molecular weight excluding hydrogens is 310 g/mol. The molecule has 2 aromatic carbocycles. The Kier molecular flexibility index (Phi) is 3.69. The third kappa shape index (κ3) is 2.64. The lowest BCUT2D eigenvalue weighted by molar-refractivity contribution is 0.111. The molecule has 0 aliphatic heterocycles. The van der Waals surface area contributed by atoms with E-state index in [0.29, 0.717) is 11.2 Å². The third-order valence-corrected chi connectivity index (χ3v) is 4.49. The van der Waals surface area contributed by atoms with Gasteiger partial charge in [-0.1, -0.05) is 48.5 Å². The van der Waals surface area contributed by atoms with E-state index in [9.17, 15) is 4.79 Å². The van der Waals surface area contributed by atoms with Crippen molar-refractivity contribution in [3.8, 4) is 22.5 Å². The predicted octanol–water partition coefficient (Wildman–Crippen LogP) is 5.59. The number of nitrogens with zero attached hydrogens (tertiary/aromatic N) is 1. The minimum absolute atomic E-state index is 0.423. The van der Waals surface area contributed by atoms with Gasteiger partial charge in [-0.3, -0.25) is 4.79 Å². The minimum Gasteiger partial charge on any atom is -0.454 e. The number of carbonyl (C=O) groups excluding carboxylic acids is 1. The molecule has 0 fully saturated rings. The normalized spacial score (nSPS) is 11.0. The molecule has 0 radical (unpaired) electrons. The Morgan fingerprint density at radius 2 is 1.68 bits per heavy atom. The lowest BCUT2D eigenvalue weighted by atomic mass is 9.95. The summed E-state index contributed by atoms with van der Waals surface area (Å²) in [7, 11) is 0. The summed E-state index contributed by atoms with van der Waals surface area (Å²) >= 11 is 0. The van der Waals surface area contributed by atoms with E-state index in [1.54, 1.807) is 6.07 Å². The van der Waals surface area contributed by atoms with Gasteiger partial charge in [-0.15, -0.1) is 0 Å². The Bertz CT molecular complexity index is 1080. The molecule has 0 N–H and O–H groups in total. The molecule has 0 amide bonds. The first-order valence-corrected chi connectivity index (χ1v) is 8.19. The zero-order chi connectivity index (χ0) is 17.4. The van der Waals surface area contributed by atoms with E-state index < -0.39 is 0 Å². The van der Waals surface area contributed by atoms with Crippen molar-refractivity contribution < 1.29 is 9.21 Å². The van der Waals surface area contributed by atoms with Crippen LogP contribution in [0.4, 0.5) is 0 Å². The van der Waals surface area contributed by atoms with E-state index in [2.05, 4.69) is 36.2 Å². The van der Waals surface area contributed by atoms with Crippen LogP contribution in [0.3, 0.4) is 0 Å². The summed E-state index contributed by atoms with van der Waals surface area (Å²) in [5.41, 5.74) is 7.31. The van der Waals surface area contributed by atoms with Gasteiger partial charge >= 0.3 is 0 Å². The standard InChI is InChI=1S/C22H17NO2/c1-14-11-17(13-24)23-20-12-21(25-22(14)20)19-10-6-9-18(15(19)2)16-7-4-3-5-8-16/h3-13H,1-2H3. The molecule has 0 aliphatic rings. The second kappa shape index (κ2) is 6.02. The highest BCUT2D eigenvalue weighted by atomic mass is 16.3. The lowest BCUT2D eigenvalue weighted by Crippen LogP contribution is -1.87. The van der Waals surface area contributed by atoms with Gasteiger partial charge in [-0.25, -0.2) is 4.98 Å². The van der Waals surface area contributed by atoms with Crippen LogP contribution in [-0.4, -0.2) is 11.3 Å². The number of pyridine rings is 1. The molecule has 25 heavy (non-hydrogen) atoms. The average Bonchev–Trinajstić information content (AvgIpc) is 3.07. The van der Waals surface area contributed by atoms with Crippen molar-refractivity contribution in [3.05, 3.63) is 77.5 Å². The number of aromatic nitrogens is 1.